The van der Waals surface area contributed by atoms with Gasteiger partial charge in [0.15, 0.2) is 0 Å². The number of benzene rings is 1. The first-order chi connectivity index (χ1) is 15.8. The van der Waals surface area contributed by atoms with Crippen LogP contribution in [0.5, 0.6) is 0 Å². The molecule has 1 aromatic carbocycles. The molecule has 0 aromatic heterocycles. The van der Waals surface area contributed by atoms with E-state index in [1.165, 1.54) is 13.2 Å². The third-order valence-corrected chi connectivity index (χ3v) is 6.71. The van der Waals surface area contributed by atoms with Crippen molar-refractivity contribution in [3.63, 3.8) is 0 Å². The lowest BCUT2D eigenvalue weighted by Gasteiger charge is -2.33. The highest BCUT2D eigenvalue weighted by atomic mass is 19.4. The van der Waals surface area contributed by atoms with Gasteiger partial charge in [0.05, 0.1) is 12.1 Å². The first kappa shape index (κ1) is 23.5. The van der Waals surface area contributed by atoms with E-state index in [1.54, 1.807) is 21.9 Å². The Morgan fingerprint density at radius 2 is 1.85 bits per heavy atom. The number of likely N-dealkylation sites (tertiary alicyclic amines) is 1. The van der Waals surface area contributed by atoms with Crippen molar-refractivity contribution in [3.8, 4) is 0 Å². The smallest absolute Gasteiger partial charge is 0.375 e. The molecule has 1 aromatic rings. The molecular weight excluding hydrogens is 435 g/mol. The molecule has 0 spiro atoms. The standard InChI is InChI=1S/C24H28F3N3O3/c1-33-15-21(31)30-10-4-5-17-13-28-22(19(17)14-30)23(32)29-11-8-16(9-12-29)18-6-2-3-7-20(18)24(25,26)27/h2-3,6-7,16H,4-5,8-15H2,1H3. The predicted octanol–water partition coefficient (Wildman–Crippen LogP) is 3.43. The number of piperidine rings is 1. The Kier molecular flexibility index (Phi) is 6.88. The van der Waals surface area contributed by atoms with Crippen LogP contribution in [0, 0.1) is 0 Å². The molecule has 4 rings (SSSR count). The number of carbonyl (C=O) groups excluding carboxylic acids is 2. The summed E-state index contributed by atoms with van der Waals surface area (Å²) in [6, 6.07) is 5.70. The average molecular weight is 464 g/mol. The molecule has 6 nitrogen and oxygen atoms in total. The average Bonchev–Trinajstić information content (AvgIpc) is 3.07. The van der Waals surface area contributed by atoms with Gasteiger partial charge in [-0.2, -0.15) is 13.2 Å². The van der Waals surface area contributed by atoms with Crippen molar-refractivity contribution in [2.24, 2.45) is 4.99 Å². The Labute approximate surface area is 191 Å². The van der Waals surface area contributed by atoms with Crippen LogP contribution in [-0.4, -0.2) is 73.8 Å². The second-order valence-electron chi connectivity index (χ2n) is 8.75. The third kappa shape index (κ3) is 4.98. The van der Waals surface area contributed by atoms with E-state index in [0.29, 0.717) is 56.8 Å². The second-order valence-corrected chi connectivity index (χ2v) is 8.75. The molecule has 3 heterocycles. The summed E-state index contributed by atoms with van der Waals surface area (Å²) >= 11 is 0. The lowest BCUT2D eigenvalue weighted by atomic mass is 9.86. The molecule has 1 fully saturated rings. The Hall–Kier alpha value is -2.68. The molecule has 9 heteroatoms. The minimum Gasteiger partial charge on any atom is -0.375 e. The van der Waals surface area contributed by atoms with Crippen LogP contribution in [0.3, 0.4) is 0 Å². The zero-order valence-electron chi connectivity index (χ0n) is 18.7. The fourth-order valence-electron chi connectivity index (χ4n) is 4.98. The summed E-state index contributed by atoms with van der Waals surface area (Å²) in [7, 11) is 1.48. The minimum atomic E-state index is -4.39. The molecule has 0 N–H and O–H groups in total. The van der Waals surface area contributed by atoms with Crippen molar-refractivity contribution >= 4 is 17.5 Å². The molecular formula is C24H28F3N3O3. The van der Waals surface area contributed by atoms with E-state index in [4.69, 9.17) is 4.74 Å². The van der Waals surface area contributed by atoms with Crippen LogP contribution in [0.4, 0.5) is 13.2 Å². The minimum absolute atomic E-state index is 0.00402. The zero-order valence-corrected chi connectivity index (χ0v) is 18.7. The number of rotatable bonds is 4. The first-order valence-corrected chi connectivity index (χ1v) is 11.3. The van der Waals surface area contributed by atoms with Gasteiger partial charge in [0, 0.05) is 38.9 Å². The normalized spacial score (nSPS) is 19.9. The van der Waals surface area contributed by atoms with Gasteiger partial charge >= 0.3 is 6.18 Å². The predicted molar refractivity (Wildman–Crippen MR) is 117 cm³/mol. The van der Waals surface area contributed by atoms with Crippen molar-refractivity contribution in [1.82, 2.24) is 9.80 Å². The second kappa shape index (κ2) is 9.67. The number of methoxy groups -OCH3 is 1. The Bertz CT molecular complexity index is 979. The molecule has 0 aliphatic carbocycles. The number of alkyl halides is 3. The van der Waals surface area contributed by atoms with Crippen molar-refractivity contribution in [3.05, 3.63) is 46.5 Å². The van der Waals surface area contributed by atoms with Crippen LogP contribution in [-0.2, 0) is 20.5 Å². The van der Waals surface area contributed by atoms with E-state index in [-0.39, 0.29) is 24.3 Å². The molecule has 0 radical (unpaired) electrons. The largest absolute Gasteiger partial charge is 0.416 e. The number of carbonyl (C=O) groups is 2. The lowest BCUT2D eigenvalue weighted by molar-refractivity contribution is -0.138. The summed E-state index contributed by atoms with van der Waals surface area (Å²) < 4.78 is 45.2. The molecule has 0 saturated carbocycles. The summed E-state index contributed by atoms with van der Waals surface area (Å²) in [4.78, 5) is 33.5. The molecule has 0 atom stereocenters. The maximum Gasteiger partial charge on any atom is 0.416 e. The van der Waals surface area contributed by atoms with Gasteiger partial charge in [-0.1, -0.05) is 18.2 Å². The van der Waals surface area contributed by atoms with E-state index in [9.17, 15) is 22.8 Å². The van der Waals surface area contributed by atoms with Gasteiger partial charge in [0.2, 0.25) is 5.91 Å². The summed E-state index contributed by atoms with van der Waals surface area (Å²) in [5.74, 6) is -0.551. The molecule has 2 amide bonds. The van der Waals surface area contributed by atoms with E-state index < -0.39 is 11.7 Å². The molecule has 0 unspecified atom stereocenters. The fourth-order valence-corrected chi connectivity index (χ4v) is 4.98. The van der Waals surface area contributed by atoms with Crippen LogP contribution in [0.1, 0.15) is 42.7 Å². The summed E-state index contributed by atoms with van der Waals surface area (Å²) in [5, 5.41) is 0. The maximum absolute atomic E-state index is 13.4. The zero-order chi connectivity index (χ0) is 23.6. The van der Waals surface area contributed by atoms with E-state index in [1.807, 2.05) is 0 Å². The van der Waals surface area contributed by atoms with Crippen molar-refractivity contribution in [2.45, 2.75) is 37.8 Å². The number of ether oxygens (including phenoxy) is 1. The SMILES string of the molecule is COCC(=O)N1CCCC2=C(C1)C(C(=O)N1CCC(c3ccccc3C(F)(F)F)CC1)=NC2. The number of amides is 2. The number of hydrogen-bond acceptors (Lipinski definition) is 4. The van der Waals surface area contributed by atoms with Crippen LogP contribution < -0.4 is 0 Å². The van der Waals surface area contributed by atoms with E-state index >= 15 is 0 Å². The molecule has 3 aliphatic heterocycles. The van der Waals surface area contributed by atoms with E-state index in [0.717, 1.165) is 30.1 Å². The summed E-state index contributed by atoms with van der Waals surface area (Å²) in [5.41, 5.74) is 2.03. The number of nitrogens with zero attached hydrogens (tertiary/aromatic N) is 3. The molecule has 3 aliphatic rings. The number of halogens is 3. The summed E-state index contributed by atoms with van der Waals surface area (Å²) in [6.07, 6.45) is -1.85. The van der Waals surface area contributed by atoms with Gasteiger partial charge < -0.3 is 14.5 Å². The van der Waals surface area contributed by atoms with Gasteiger partial charge in [-0.15, -0.1) is 0 Å². The lowest BCUT2D eigenvalue weighted by Crippen LogP contribution is -2.44. The molecule has 33 heavy (non-hydrogen) atoms. The topological polar surface area (TPSA) is 62.2 Å². The monoisotopic (exact) mass is 463 g/mol. The van der Waals surface area contributed by atoms with Crippen molar-refractivity contribution in [1.29, 1.82) is 0 Å². The first-order valence-electron chi connectivity index (χ1n) is 11.3. The highest BCUT2D eigenvalue weighted by Gasteiger charge is 2.37. The van der Waals surface area contributed by atoms with Crippen LogP contribution in [0.2, 0.25) is 0 Å². The van der Waals surface area contributed by atoms with Crippen molar-refractivity contribution < 1.29 is 27.5 Å². The van der Waals surface area contributed by atoms with Crippen LogP contribution >= 0.6 is 0 Å². The number of aliphatic imine (C=N–C) groups is 1. The highest BCUT2D eigenvalue weighted by molar-refractivity contribution is 6.46. The Morgan fingerprint density at radius 3 is 2.55 bits per heavy atom. The molecule has 178 valence electrons. The van der Waals surface area contributed by atoms with Gasteiger partial charge in [-0.05, 0) is 48.8 Å². The quantitative estimate of drug-likeness (QED) is 0.688. The summed E-state index contributed by atoms with van der Waals surface area (Å²) in [6.45, 7) is 2.18. The van der Waals surface area contributed by atoms with Gasteiger partial charge in [0.25, 0.3) is 5.91 Å². The highest BCUT2D eigenvalue weighted by Crippen LogP contribution is 2.39. The maximum atomic E-state index is 13.4. The fraction of sp³-hybridized carbons (Fsp3) is 0.542. The van der Waals surface area contributed by atoms with Gasteiger partial charge in [-0.3, -0.25) is 14.6 Å². The van der Waals surface area contributed by atoms with Gasteiger partial charge in [0.1, 0.15) is 12.3 Å². The van der Waals surface area contributed by atoms with Gasteiger partial charge in [-0.25, -0.2) is 0 Å². The van der Waals surface area contributed by atoms with Crippen LogP contribution in [0.25, 0.3) is 0 Å². The number of hydrogen-bond donors (Lipinski definition) is 0. The Morgan fingerprint density at radius 1 is 1.12 bits per heavy atom. The molecule has 0 bridgehead atoms. The third-order valence-electron chi connectivity index (χ3n) is 6.71. The Balaban J connectivity index is 1.43. The van der Waals surface area contributed by atoms with E-state index in [2.05, 4.69) is 4.99 Å². The molecule has 1 saturated heterocycles. The van der Waals surface area contributed by atoms with Crippen LogP contribution in [0.15, 0.2) is 40.4 Å². The van der Waals surface area contributed by atoms with Crippen molar-refractivity contribution in [2.75, 3.05) is 46.4 Å².